The molecule has 0 radical (unpaired) electrons. The van der Waals surface area contributed by atoms with Crippen molar-refractivity contribution in [1.29, 1.82) is 0 Å². The van der Waals surface area contributed by atoms with Gasteiger partial charge in [-0.1, -0.05) is 11.6 Å². The largest absolute Gasteiger partial charge is 0.496 e. The zero-order valence-corrected chi connectivity index (χ0v) is 25.2. The number of ether oxygens (including phenoxy) is 2. The van der Waals surface area contributed by atoms with Crippen molar-refractivity contribution in [3.63, 3.8) is 0 Å². The van der Waals surface area contributed by atoms with Crippen molar-refractivity contribution in [2.45, 2.75) is 51.3 Å². The van der Waals surface area contributed by atoms with Gasteiger partial charge in [-0.3, -0.25) is 4.79 Å². The Balaban J connectivity index is 0.000000675. The second-order valence-corrected chi connectivity index (χ2v) is 10.9. The number of hydrogen-bond donors (Lipinski definition) is 5. The van der Waals surface area contributed by atoms with Crippen molar-refractivity contribution >= 4 is 41.2 Å². The summed E-state index contributed by atoms with van der Waals surface area (Å²) >= 11 is 6.13. The van der Waals surface area contributed by atoms with Crippen LogP contribution in [0, 0.1) is 5.92 Å². The highest BCUT2D eigenvalue weighted by Gasteiger charge is 2.33. The highest BCUT2D eigenvalue weighted by Crippen LogP contribution is 2.29. The maximum Gasteiger partial charge on any atom is 0.328 e. The maximum absolute atomic E-state index is 13.0. The molecule has 0 bridgehead atoms. The molecular formula is C28H42ClN5O8. The van der Waals surface area contributed by atoms with Crippen LogP contribution in [0.4, 0.5) is 10.5 Å². The van der Waals surface area contributed by atoms with Gasteiger partial charge in [-0.25, -0.2) is 14.4 Å². The van der Waals surface area contributed by atoms with Gasteiger partial charge in [0.05, 0.1) is 35.5 Å². The fraction of sp³-hybridized carbons (Fsp3) is 0.571. The number of carboxylic acid groups (broad SMARTS) is 2. The lowest BCUT2D eigenvalue weighted by molar-refractivity contribution is -0.134. The summed E-state index contributed by atoms with van der Waals surface area (Å²) in [6.07, 6.45) is 3.77. The summed E-state index contributed by atoms with van der Waals surface area (Å²) in [5.74, 6) is -1.83. The lowest BCUT2D eigenvalue weighted by Crippen LogP contribution is -2.56. The summed E-state index contributed by atoms with van der Waals surface area (Å²) in [5.41, 5.74) is 6.55. The predicted molar refractivity (Wildman–Crippen MR) is 158 cm³/mol. The first-order chi connectivity index (χ1) is 19.8. The molecule has 1 aromatic rings. The summed E-state index contributed by atoms with van der Waals surface area (Å²) < 4.78 is 11.1. The van der Waals surface area contributed by atoms with Gasteiger partial charge in [0, 0.05) is 64.1 Å². The molecular weight excluding hydrogens is 570 g/mol. The number of likely N-dealkylation sites (tertiary alicyclic amines) is 2. The van der Waals surface area contributed by atoms with Gasteiger partial charge in [-0.2, -0.15) is 0 Å². The van der Waals surface area contributed by atoms with Crippen molar-refractivity contribution in [3.8, 4) is 5.75 Å². The Morgan fingerprint density at radius 1 is 1.07 bits per heavy atom. The van der Waals surface area contributed by atoms with Crippen LogP contribution in [0.15, 0.2) is 24.3 Å². The Labute approximate surface area is 250 Å². The van der Waals surface area contributed by atoms with Crippen LogP contribution in [-0.4, -0.2) is 109 Å². The first-order valence-corrected chi connectivity index (χ1v) is 14.1. The van der Waals surface area contributed by atoms with Crippen LogP contribution >= 0.6 is 11.6 Å². The molecule has 13 nitrogen and oxygen atoms in total. The molecule has 2 saturated heterocycles. The Morgan fingerprint density at radius 3 is 2.21 bits per heavy atom. The smallest absolute Gasteiger partial charge is 0.328 e. The molecule has 2 heterocycles. The minimum Gasteiger partial charge on any atom is -0.496 e. The summed E-state index contributed by atoms with van der Waals surface area (Å²) in [4.78, 5) is 48.6. The SMILES string of the molecule is COc1cc(N)c(Cl)cc1C(=O)N[C@@H]1CCN(CC2CCN(C(=O)NC(C)C)CC2)C[C@@H]1OC.O=C(O)/C=C\C(=O)O. The van der Waals surface area contributed by atoms with Gasteiger partial charge in [0.1, 0.15) is 5.75 Å². The number of halogens is 1. The lowest BCUT2D eigenvalue weighted by atomic mass is 9.94. The Hall–Kier alpha value is -3.55. The first kappa shape index (κ1) is 34.7. The van der Waals surface area contributed by atoms with Crippen LogP contribution < -0.4 is 21.1 Å². The van der Waals surface area contributed by atoms with E-state index in [4.69, 9.17) is 37.0 Å². The number of carbonyl (C=O) groups is 4. The summed E-state index contributed by atoms with van der Waals surface area (Å²) in [6, 6.07) is 3.16. The fourth-order valence-corrected chi connectivity index (χ4v) is 5.04. The van der Waals surface area contributed by atoms with Crippen molar-refractivity contribution in [3.05, 3.63) is 34.9 Å². The van der Waals surface area contributed by atoms with Gasteiger partial charge in [0.2, 0.25) is 0 Å². The number of nitrogens with one attached hydrogen (secondary N) is 2. The number of anilines is 1. The number of hydrogen-bond acceptors (Lipinski definition) is 8. The molecule has 0 spiro atoms. The number of nitrogens with two attached hydrogens (primary N) is 1. The minimum absolute atomic E-state index is 0.0310. The number of carbonyl (C=O) groups excluding carboxylic acids is 2. The molecule has 3 amide bonds. The molecule has 0 aromatic heterocycles. The standard InChI is InChI=1S/C24H38ClN5O4.C4H4O4/c1-15(2)27-24(32)30-9-5-16(6-10-30)13-29-8-7-20(22(14-29)34-4)28-23(31)17-11-18(25)19(26)12-21(17)33-3;5-3(6)1-2-4(7)8/h11-12,15-16,20,22H,5-10,13-14,26H2,1-4H3,(H,27,32)(H,28,31);1-2H,(H,5,6)(H,7,8)/b;2-1-/t20-,22+;/m1./s1. The molecule has 0 saturated carbocycles. The number of methoxy groups -OCH3 is 2. The van der Waals surface area contributed by atoms with Crippen LogP contribution in [-0.2, 0) is 14.3 Å². The number of piperidine rings is 2. The normalized spacial score (nSPS) is 19.6. The molecule has 234 valence electrons. The third-order valence-electron chi connectivity index (χ3n) is 7.02. The third kappa shape index (κ3) is 11.0. The van der Waals surface area contributed by atoms with E-state index in [2.05, 4.69) is 15.5 Å². The van der Waals surface area contributed by atoms with Gasteiger partial charge in [0.15, 0.2) is 0 Å². The molecule has 3 rings (SSSR count). The van der Waals surface area contributed by atoms with Gasteiger partial charge in [-0.05, 0) is 45.1 Å². The van der Waals surface area contributed by atoms with E-state index in [0.29, 0.717) is 40.1 Å². The maximum atomic E-state index is 13.0. The third-order valence-corrected chi connectivity index (χ3v) is 7.35. The average Bonchev–Trinajstić information content (AvgIpc) is 2.94. The summed E-state index contributed by atoms with van der Waals surface area (Å²) in [5, 5.41) is 22.0. The zero-order valence-electron chi connectivity index (χ0n) is 24.5. The average molecular weight is 612 g/mol. The molecule has 2 aliphatic rings. The topological polar surface area (TPSA) is 184 Å². The molecule has 0 aliphatic carbocycles. The van der Waals surface area contributed by atoms with E-state index < -0.39 is 11.9 Å². The first-order valence-electron chi connectivity index (χ1n) is 13.7. The van der Waals surface area contributed by atoms with Crippen LogP contribution in [0.1, 0.15) is 43.5 Å². The number of benzene rings is 1. The number of urea groups is 1. The van der Waals surface area contributed by atoms with Crippen LogP contribution in [0.25, 0.3) is 0 Å². The van der Waals surface area contributed by atoms with E-state index in [1.54, 1.807) is 13.2 Å². The number of rotatable bonds is 9. The van der Waals surface area contributed by atoms with Crippen molar-refractivity contribution in [2.75, 3.05) is 52.7 Å². The number of nitrogens with zero attached hydrogens (tertiary/aromatic N) is 2. The zero-order chi connectivity index (χ0) is 31.4. The monoisotopic (exact) mass is 611 g/mol. The fourth-order valence-electron chi connectivity index (χ4n) is 4.88. The van der Waals surface area contributed by atoms with Gasteiger partial charge >= 0.3 is 18.0 Å². The van der Waals surface area contributed by atoms with E-state index in [0.717, 1.165) is 52.0 Å². The predicted octanol–water partition coefficient (Wildman–Crippen LogP) is 2.29. The molecule has 14 heteroatoms. The number of aliphatic carboxylic acids is 2. The molecule has 0 unspecified atom stereocenters. The molecule has 2 atom stereocenters. The van der Waals surface area contributed by atoms with Crippen molar-refractivity contribution < 1.29 is 38.9 Å². The Kier molecular flexibility index (Phi) is 13.8. The van der Waals surface area contributed by atoms with E-state index in [1.165, 1.54) is 13.2 Å². The van der Waals surface area contributed by atoms with Crippen LogP contribution in [0.3, 0.4) is 0 Å². The molecule has 6 N–H and O–H groups in total. The van der Waals surface area contributed by atoms with Gasteiger partial charge in [-0.15, -0.1) is 0 Å². The number of nitrogen functional groups attached to an aromatic ring is 1. The van der Waals surface area contributed by atoms with Gasteiger partial charge < -0.3 is 45.9 Å². The van der Waals surface area contributed by atoms with E-state index in [9.17, 15) is 19.2 Å². The molecule has 1 aromatic carbocycles. The van der Waals surface area contributed by atoms with Crippen LogP contribution in [0.2, 0.25) is 5.02 Å². The Morgan fingerprint density at radius 2 is 1.69 bits per heavy atom. The van der Waals surface area contributed by atoms with E-state index >= 15 is 0 Å². The van der Waals surface area contributed by atoms with E-state index in [-0.39, 0.29) is 30.1 Å². The Bertz CT molecular complexity index is 1110. The summed E-state index contributed by atoms with van der Waals surface area (Å²) in [6.45, 7) is 8.12. The number of carboxylic acids is 2. The van der Waals surface area contributed by atoms with Crippen molar-refractivity contribution in [1.82, 2.24) is 20.4 Å². The highest BCUT2D eigenvalue weighted by atomic mass is 35.5. The number of amides is 3. The second-order valence-electron chi connectivity index (χ2n) is 10.5. The van der Waals surface area contributed by atoms with Crippen LogP contribution in [0.5, 0.6) is 5.75 Å². The van der Waals surface area contributed by atoms with Crippen molar-refractivity contribution in [2.24, 2.45) is 5.92 Å². The molecule has 2 aliphatic heterocycles. The quantitative estimate of drug-likeness (QED) is 0.205. The molecule has 2 fully saturated rings. The van der Waals surface area contributed by atoms with Gasteiger partial charge in [0.25, 0.3) is 5.91 Å². The molecule has 42 heavy (non-hydrogen) atoms. The summed E-state index contributed by atoms with van der Waals surface area (Å²) in [7, 11) is 3.18. The van der Waals surface area contributed by atoms with E-state index in [1.807, 2.05) is 18.7 Å². The lowest BCUT2D eigenvalue weighted by Gasteiger charge is -2.41. The highest BCUT2D eigenvalue weighted by molar-refractivity contribution is 6.33. The minimum atomic E-state index is -1.26. The second kappa shape index (κ2) is 16.8.